The van der Waals surface area contributed by atoms with Crippen LogP contribution in [0.15, 0.2) is 0 Å². The van der Waals surface area contributed by atoms with Crippen LogP contribution in [-0.2, 0) is 19.3 Å². The predicted molar refractivity (Wildman–Crippen MR) is 54.2 cm³/mol. The van der Waals surface area contributed by atoms with Gasteiger partial charge < -0.3 is 10.4 Å². The van der Waals surface area contributed by atoms with Crippen molar-refractivity contribution in [3.8, 4) is 0 Å². The first-order chi connectivity index (χ1) is 6.22. The second-order valence-corrected chi connectivity index (χ2v) is 5.23. The van der Waals surface area contributed by atoms with Crippen LogP contribution >= 0.6 is 0 Å². The summed E-state index contributed by atoms with van der Waals surface area (Å²) in [4.78, 5) is 21.2. The highest BCUT2D eigenvalue weighted by Gasteiger charge is 2.16. The van der Waals surface area contributed by atoms with E-state index in [1.165, 1.54) is 18.5 Å². The first kappa shape index (κ1) is 12.9. The average Bonchev–Trinajstić information content (AvgIpc) is 1.94. The van der Waals surface area contributed by atoms with Gasteiger partial charge in [-0.15, -0.1) is 0 Å². The fraction of sp³-hybridized carbons (Fsp3) is 0.571. The highest BCUT2D eigenvalue weighted by Crippen LogP contribution is 1.90. The lowest BCUT2D eigenvalue weighted by atomic mass is 10.2. The van der Waals surface area contributed by atoms with Crippen molar-refractivity contribution in [3.63, 3.8) is 0 Å². The number of hydrogen-bond acceptors (Lipinski definition) is 3. The van der Waals surface area contributed by atoms with Gasteiger partial charge in [0.2, 0.25) is 5.91 Å². The molecule has 0 aromatic heterocycles. The molecule has 1 amide bonds. The summed E-state index contributed by atoms with van der Waals surface area (Å²) < 4.78 is 11.0. The van der Waals surface area contributed by atoms with Gasteiger partial charge in [-0.25, -0.2) is 4.79 Å². The number of aliphatic carboxylic acids is 1. The van der Waals surface area contributed by atoms with Crippen LogP contribution in [0.2, 0.25) is 0 Å². The summed E-state index contributed by atoms with van der Waals surface area (Å²) in [6.45, 7) is 1.21. The van der Waals surface area contributed by atoms with Crippen molar-refractivity contribution in [2.45, 2.75) is 19.4 Å². The van der Waals surface area contributed by atoms with Gasteiger partial charge in [0.15, 0.2) is 0 Å². The smallest absolute Gasteiger partial charge is 0.326 e. The van der Waals surface area contributed by atoms with Crippen molar-refractivity contribution in [2.75, 3.05) is 6.26 Å². The number of carbonyl (C=O) groups excluding carboxylic acids is 1. The van der Waals surface area contributed by atoms with Gasteiger partial charge in [-0.3, -0.25) is 14.1 Å². The molecule has 7 heteroatoms. The topological polar surface area (TPSA) is 109 Å². The molecule has 6 nitrogen and oxygen atoms in total. The molecule has 82 valence electrons. The van der Waals surface area contributed by atoms with Crippen molar-refractivity contribution in [1.29, 1.82) is 0 Å². The van der Waals surface area contributed by atoms with Crippen LogP contribution in [-0.4, -0.2) is 38.9 Å². The fourth-order valence-electron chi connectivity index (χ4n) is 0.754. The lowest BCUT2D eigenvalue weighted by Gasteiger charge is -2.10. The molecule has 0 spiro atoms. The van der Waals surface area contributed by atoms with Gasteiger partial charge in [0.25, 0.3) is 0 Å². The Morgan fingerprint density at radius 2 is 2.14 bits per heavy atom. The largest absolute Gasteiger partial charge is 0.480 e. The first-order valence-corrected chi connectivity index (χ1v) is 5.91. The predicted octanol–water partition coefficient (Wildman–Crippen LogP) is -1.44. The van der Waals surface area contributed by atoms with E-state index in [1.54, 1.807) is 0 Å². The number of rotatable bonds is 4. The summed E-state index contributed by atoms with van der Waals surface area (Å²) in [5.74, 6) is -1.63. The number of carboxylic acid groups (broad SMARTS) is 1. The van der Waals surface area contributed by atoms with Crippen molar-refractivity contribution < 1.29 is 18.9 Å². The quantitative estimate of drug-likeness (QED) is 0.506. The molecule has 0 fully saturated rings. The zero-order chi connectivity index (χ0) is 11.4. The third kappa shape index (κ3) is 6.44. The van der Waals surface area contributed by atoms with Gasteiger partial charge >= 0.3 is 5.97 Å². The van der Waals surface area contributed by atoms with E-state index < -0.39 is 27.6 Å². The molecule has 14 heavy (non-hydrogen) atoms. The van der Waals surface area contributed by atoms with Crippen LogP contribution in [0.25, 0.3) is 0 Å². The minimum Gasteiger partial charge on any atom is -0.480 e. The van der Waals surface area contributed by atoms with Gasteiger partial charge in [0.1, 0.15) is 6.04 Å². The third-order valence-corrected chi connectivity index (χ3v) is 2.19. The molecule has 0 aliphatic heterocycles. The SMILES string of the molecule is CC(=O)N[C@@H](CC=S(C)(N)=O)C(=O)O. The van der Waals surface area contributed by atoms with Crippen molar-refractivity contribution in [3.05, 3.63) is 0 Å². The second kappa shape index (κ2) is 4.97. The summed E-state index contributed by atoms with van der Waals surface area (Å²) in [6, 6.07) is -1.07. The molecule has 0 saturated carbocycles. The van der Waals surface area contributed by atoms with Crippen LogP contribution < -0.4 is 10.5 Å². The van der Waals surface area contributed by atoms with E-state index in [0.29, 0.717) is 0 Å². The molecule has 2 atom stereocenters. The molecule has 0 heterocycles. The standard InChI is InChI=1S/C7H14N2O4S/c1-5(10)9-6(7(11)12)3-4-14(2,8)13/h4,6H,3H2,1-2H3,(H2,8,13)(H,9,10)(H,11,12)/t6-,14?/m0/s1. The summed E-state index contributed by atoms with van der Waals surface area (Å²) >= 11 is 0. The van der Waals surface area contributed by atoms with E-state index in [2.05, 4.69) is 5.32 Å². The minimum absolute atomic E-state index is 0.0548. The Kier molecular flexibility index (Phi) is 4.58. The molecular formula is C7H14N2O4S. The monoisotopic (exact) mass is 222 g/mol. The van der Waals surface area contributed by atoms with Crippen molar-refractivity contribution in [1.82, 2.24) is 5.32 Å². The van der Waals surface area contributed by atoms with Crippen molar-refractivity contribution in [2.24, 2.45) is 5.14 Å². The third-order valence-electron chi connectivity index (χ3n) is 1.34. The minimum atomic E-state index is -2.58. The molecule has 0 rings (SSSR count). The van der Waals surface area contributed by atoms with Gasteiger partial charge in [-0.2, -0.15) is 0 Å². The molecule has 0 aliphatic carbocycles. The Balaban J connectivity index is 4.48. The van der Waals surface area contributed by atoms with Gasteiger partial charge in [-0.1, -0.05) is 0 Å². The zero-order valence-electron chi connectivity index (χ0n) is 8.02. The van der Waals surface area contributed by atoms with E-state index in [-0.39, 0.29) is 6.42 Å². The van der Waals surface area contributed by atoms with Crippen LogP contribution in [0.3, 0.4) is 0 Å². The number of nitrogens with two attached hydrogens (primary N) is 1. The van der Waals surface area contributed by atoms with E-state index in [0.717, 1.165) is 0 Å². The fourth-order valence-corrected chi connectivity index (χ4v) is 1.33. The average molecular weight is 222 g/mol. The normalized spacial score (nSPS) is 16.5. The number of carboxylic acids is 1. The summed E-state index contributed by atoms with van der Waals surface area (Å²) in [5.41, 5.74) is 0. The van der Waals surface area contributed by atoms with Crippen molar-refractivity contribution >= 4 is 27.0 Å². The molecule has 4 N–H and O–H groups in total. The molecule has 0 saturated heterocycles. The highest BCUT2D eigenvalue weighted by molar-refractivity contribution is 7.98. The molecule has 0 bridgehead atoms. The number of nitrogens with one attached hydrogen (secondary N) is 1. The van der Waals surface area contributed by atoms with E-state index in [1.807, 2.05) is 0 Å². The maximum absolute atomic E-state index is 11.0. The Hall–Kier alpha value is -1.08. The Labute approximate surface area is 82.6 Å². The lowest BCUT2D eigenvalue weighted by molar-refractivity contribution is -0.141. The van der Waals surface area contributed by atoms with Crippen LogP contribution in [0, 0.1) is 0 Å². The van der Waals surface area contributed by atoms with E-state index in [4.69, 9.17) is 10.2 Å². The van der Waals surface area contributed by atoms with Crippen LogP contribution in [0.1, 0.15) is 13.3 Å². The molecular weight excluding hydrogens is 208 g/mol. The Morgan fingerprint density at radius 1 is 1.64 bits per heavy atom. The van der Waals surface area contributed by atoms with Gasteiger partial charge in [-0.05, 0) is 5.37 Å². The molecule has 0 aliphatic rings. The lowest BCUT2D eigenvalue weighted by Crippen LogP contribution is -2.40. The molecule has 0 aromatic rings. The second-order valence-electron chi connectivity index (χ2n) is 2.96. The molecule has 1 unspecified atom stereocenters. The number of amides is 1. The van der Waals surface area contributed by atoms with E-state index in [9.17, 15) is 13.8 Å². The summed E-state index contributed by atoms with van der Waals surface area (Å²) in [7, 11) is -2.58. The molecule has 0 aromatic carbocycles. The Morgan fingerprint density at radius 3 is 2.43 bits per heavy atom. The van der Waals surface area contributed by atoms with Crippen LogP contribution in [0.5, 0.6) is 0 Å². The van der Waals surface area contributed by atoms with Gasteiger partial charge in [0.05, 0.1) is 0 Å². The zero-order valence-corrected chi connectivity index (χ0v) is 8.84. The Bertz CT molecular complexity index is 336. The first-order valence-electron chi connectivity index (χ1n) is 3.82. The van der Waals surface area contributed by atoms with E-state index >= 15 is 0 Å². The summed E-state index contributed by atoms with van der Waals surface area (Å²) in [5, 5.41) is 17.2. The molecule has 0 radical (unpaired) electrons. The highest BCUT2D eigenvalue weighted by atomic mass is 32.2. The summed E-state index contributed by atoms with van der Waals surface area (Å²) in [6.07, 6.45) is 1.24. The maximum atomic E-state index is 11.0. The van der Waals surface area contributed by atoms with Gasteiger partial charge in [0, 0.05) is 29.3 Å². The maximum Gasteiger partial charge on any atom is 0.326 e. The number of hydrogen-bond donors (Lipinski definition) is 3. The number of carbonyl (C=O) groups is 2. The van der Waals surface area contributed by atoms with Crippen LogP contribution in [0.4, 0.5) is 0 Å².